The molecule has 0 saturated heterocycles. The predicted molar refractivity (Wildman–Crippen MR) is 116 cm³/mol. The van der Waals surface area contributed by atoms with Gasteiger partial charge in [-0.2, -0.15) is 5.10 Å². The first-order valence-corrected chi connectivity index (χ1v) is 9.47. The normalized spacial score (nSPS) is 10.3. The van der Waals surface area contributed by atoms with Gasteiger partial charge >= 0.3 is 0 Å². The molecule has 0 fully saturated rings. The lowest BCUT2D eigenvalue weighted by molar-refractivity contribution is -0.116. The molecule has 0 aliphatic heterocycles. The number of amides is 1. The number of benzene rings is 2. The van der Waals surface area contributed by atoms with E-state index in [1.807, 2.05) is 60.7 Å². The van der Waals surface area contributed by atoms with Crippen LogP contribution in [0.5, 0.6) is 0 Å². The van der Waals surface area contributed by atoms with E-state index in [1.54, 1.807) is 16.9 Å². The summed E-state index contributed by atoms with van der Waals surface area (Å²) in [6.07, 6.45) is 3.20. The molecule has 0 saturated carbocycles. The van der Waals surface area contributed by atoms with Gasteiger partial charge in [0.1, 0.15) is 5.69 Å². The summed E-state index contributed by atoms with van der Waals surface area (Å²) in [5.41, 5.74) is 2.73. The van der Waals surface area contributed by atoms with Crippen LogP contribution in [0.1, 0.15) is 17.7 Å². The van der Waals surface area contributed by atoms with E-state index in [-0.39, 0.29) is 17.8 Å². The van der Waals surface area contributed by atoms with E-state index in [0.29, 0.717) is 28.8 Å². The summed E-state index contributed by atoms with van der Waals surface area (Å²) in [7, 11) is 0. The number of para-hydroxylation sites is 1. The molecule has 6 nitrogen and oxygen atoms in total. The van der Waals surface area contributed by atoms with Crippen LogP contribution in [0.25, 0.3) is 10.9 Å². The Morgan fingerprint density at radius 2 is 1.87 bits per heavy atom. The summed E-state index contributed by atoms with van der Waals surface area (Å²) in [5.74, 6) is 5.91. The quantitative estimate of drug-likeness (QED) is 0.539. The lowest BCUT2D eigenvalue weighted by Crippen LogP contribution is -2.18. The van der Waals surface area contributed by atoms with Crippen LogP contribution in [0.4, 0.5) is 5.69 Å². The molecule has 0 unspecified atom stereocenters. The fraction of sp³-hybridized carbons (Fsp3) is 0.0833. The van der Waals surface area contributed by atoms with Crippen molar-refractivity contribution in [3.8, 4) is 11.8 Å². The Labute approximate surface area is 173 Å². The minimum absolute atomic E-state index is 0.130. The smallest absolute Gasteiger partial charge is 0.226 e. The number of nitrogens with one attached hydrogen (secondary N) is 1. The largest absolute Gasteiger partial charge is 0.326 e. The average Bonchev–Trinajstić information content (AvgIpc) is 2.78. The van der Waals surface area contributed by atoms with E-state index in [0.717, 1.165) is 5.56 Å². The molecule has 4 aromatic rings. The zero-order valence-electron chi connectivity index (χ0n) is 16.1. The first-order valence-electron chi connectivity index (χ1n) is 9.47. The molecule has 0 bridgehead atoms. The van der Waals surface area contributed by atoms with Gasteiger partial charge in [0, 0.05) is 29.3 Å². The fourth-order valence-corrected chi connectivity index (χ4v) is 3.02. The summed E-state index contributed by atoms with van der Waals surface area (Å²) in [6.45, 7) is 0.367. The van der Waals surface area contributed by atoms with Crippen molar-refractivity contribution in [3.05, 3.63) is 101 Å². The zero-order chi connectivity index (χ0) is 20.8. The monoisotopic (exact) mass is 394 g/mol. The van der Waals surface area contributed by atoms with Gasteiger partial charge in [-0.05, 0) is 48.4 Å². The van der Waals surface area contributed by atoms with E-state index in [4.69, 9.17) is 0 Å². The number of fused-ring (bicyclic) bond motifs is 1. The molecule has 0 spiro atoms. The van der Waals surface area contributed by atoms with Crippen LogP contribution in [-0.4, -0.2) is 20.7 Å². The summed E-state index contributed by atoms with van der Waals surface area (Å²) in [6, 6.07) is 20.2. The minimum atomic E-state index is -0.144. The van der Waals surface area contributed by atoms with Gasteiger partial charge < -0.3 is 5.32 Å². The number of rotatable bonds is 4. The highest BCUT2D eigenvalue weighted by molar-refractivity contribution is 5.91. The first kappa shape index (κ1) is 19.1. The van der Waals surface area contributed by atoms with Crippen LogP contribution in [0, 0.1) is 11.8 Å². The average molecular weight is 394 g/mol. The van der Waals surface area contributed by atoms with Gasteiger partial charge in [0.05, 0.1) is 18.3 Å². The molecule has 0 radical (unpaired) electrons. The number of carbonyl (C=O) groups excluding carboxylic acids is 1. The van der Waals surface area contributed by atoms with Gasteiger partial charge in [-0.25, -0.2) is 4.98 Å². The summed E-state index contributed by atoms with van der Waals surface area (Å²) < 4.78 is 1.67. The zero-order valence-corrected chi connectivity index (χ0v) is 16.1. The maximum atomic E-state index is 12.4. The number of aryl methyl sites for hydroxylation is 1. The van der Waals surface area contributed by atoms with E-state index in [1.165, 1.54) is 6.20 Å². The Bertz CT molecular complexity index is 1320. The lowest BCUT2D eigenvalue weighted by atomic mass is 10.2. The molecule has 0 atom stereocenters. The first-order chi connectivity index (χ1) is 14.7. The topological polar surface area (TPSA) is 76.9 Å². The predicted octanol–water partition coefficient (Wildman–Crippen LogP) is 3.22. The van der Waals surface area contributed by atoms with Gasteiger partial charge in [0.2, 0.25) is 11.3 Å². The molecule has 1 amide bonds. The third-order valence-electron chi connectivity index (χ3n) is 4.46. The van der Waals surface area contributed by atoms with Gasteiger partial charge in [-0.15, -0.1) is 0 Å². The number of nitrogens with zero attached hydrogens (tertiary/aromatic N) is 3. The van der Waals surface area contributed by atoms with Crippen LogP contribution in [0.3, 0.4) is 0 Å². The van der Waals surface area contributed by atoms with E-state index >= 15 is 0 Å². The van der Waals surface area contributed by atoms with E-state index in [9.17, 15) is 9.59 Å². The van der Waals surface area contributed by atoms with Crippen LogP contribution in [-0.2, 0) is 11.3 Å². The van der Waals surface area contributed by atoms with Crippen molar-refractivity contribution in [1.82, 2.24) is 14.8 Å². The molecule has 1 N–H and O–H groups in total. The molecule has 2 heterocycles. The molecule has 6 heteroatoms. The molecule has 146 valence electrons. The van der Waals surface area contributed by atoms with Crippen molar-refractivity contribution in [2.75, 3.05) is 5.32 Å². The van der Waals surface area contributed by atoms with Crippen LogP contribution < -0.4 is 10.7 Å². The van der Waals surface area contributed by atoms with Crippen molar-refractivity contribution >= 4 is 22.5 Å². The molecule has 4 rings (SSSR count). The number of aromatic nitrogens is 3. The van der Waals surface area contributed by atoms with Crippen molar-refractivity contribution in [2.24, 2.45) is 0 Å². The van der Waals surface area contributed by atoms with Crippen molar-refractivity contribution < 1.29 is 4.79 Å². The Morgan fingerprint density at radius 3 is 2.73 bits per heavy atom. The molecule has 0 aliphatic rings. The lowest BCUT2D eigenvalue weighted by Gasteiger charge is -2.09. The number of pyridine rings is 1. The fourth-order valence-electron chi connectivity index (χ4n) is 3.02. The standard InChI is InChI=1S/C24H18N4O2/c29-23-17-26-28(22-10-2-1-9-21(22)23)15-13-24(30)27-20-8-5-6-18(16-20)11-12-19-7-3-4-14-25-19/h1-10,14,16-17H,13,15H2,(H,27,30). The molecular weight excluding hydrogens is 376 g/mol. The Hall–Kier alpha value is -4.24. The maximum Gasteiger partial charge on any atom is 0.226 e. The van der Waals surface area contributed by atoms with Crippen molar-refractivity contribution in [1.29, 1.82) is 0 Å². The van der Waals surface area contributed by atoms with Crippen molar-refractivity contribution in [3.63, 3.8) is 0 Å². The summed E-state index contributed by atoms with van der Waals surface area (Å²) >= 11 is 0. The summed E-state index contributed by atoms with van der Waals surface area (Å²) in [4.78, 5) is 28.5. The Morgan fingerprint density at radius 1 is 1.00 bits per heavy atom. The van der Waals surface area contributed by atoms with Gasteiger partial charge in [0.25, 0.3) is 0 Å². The highest BCUT2D eigenvalue weighted by atomic mass is 16.1. The van der Waals surface area contributed by atoms with Crippen molar-refractivity contribution in [2.45, 2.75) is 13.0 Å². The Kier molecular flexibility index (Phi) is 5.63. The van der Waals surface area contributed by atoms with Crippen LogP contribution in [0.15, 0.2) is 83.9 Å². The van der Waals surface area contributed by atoms with E-state index in [2.05, 4.69) is 27.2 Å². The number of hydrogen-bond donors (Lipinski definition) is 1. The number of hydrogen-bond acceptors (Lipinski definition) is 4. The van der Waals surface area contributed by atoms with E-state index < -0.39 is 0 Å². The SMILES string of the molecule is O=C(CCn1ncc(=O)c2ccccc21)Nc1cccc(C#Cc2ccccn2)c1. The molecule has 0 aliphatic carbocycles. The second-order valence-electron chi connectivity index (χ2n) is 6.59. The second kappa shape index (κ2) is 8.84. The molecule has 2 aromatic heterocycles. The van der Waals surface area contributed by atoms with Crippen LogP contribution in [0.2, 0.25) is 0 Å². The second-order valence-corrected chi connectivity index (χ2v) is 6.59. The Balaban J connectivity index is 1.42. The third kappa shape index (κ3) is 4.59. The molecule has 30 heavy (non-hydrogen) atoms. The number of carbonyl (C=O) groups is 1. The van der Waals surface area contributed by atoms with Crippen LogP contribution >= 0.6 is 0 Å². The van der Waals surface area contributed by atoms with Gasteiger partial charge in [-0.3, -0.25) is 14.3 Å². The molecular formula is C24H18N4O2. The molecule has 2 aromatic carbocycles. The highest BCUT2D eigenvalue weighted by Crippen LogP contribution is 2.12. The highest BCUT2D eigenvalue weighted by Gasteiger charge is 2.07. The van der Waals surface area contributed by atoms with Gasteiger partial charge in [-0.1, -0.05) is 30.2 Å². The maximum absolute atomic E-state index is 12.4. The third-order valence-corrected chi connectivity index (χ3v) is 4.46. The van der Waals surface area contributed by atoms with Gasteiger partial charge in [0.15, 0.2) is 0 Å². The summed E-state index contributed by atoms with van der Waals surface area (Å²) in [5, 5.41) is 7.63. The minimum Gasteiger partial charge on any atom is -0.326 e. The number of anilines is 1.